The molecule has 2 heterocycles. The van der Waals surface area contributed by atoms with Gasteiger partial charge in [0.25, 0.3) is 0 Å². The second-order valence-electron chi connectivity index (χ2n) is 6.15. The Bertz CT molecular complexity index is 980. The van der Waals surface area contributed by atoms with E-state index in [2.05, 4.69) is 9.88 Å². The summed E-state index contributed by atoms with van der Waals surface area (Å²) in [6.07, 6.45) is 1.99. The van der Waals surface area contributed by atoms with Crippen LogP contribution in [-0.4, -0.2) is 10.4 Å². The number of carbonyl (C=O) groups excluding carboxylic acids is 1. The van der Waals surface area contributed by atoms with Gasteiger partial charge in [-0.1, -0.05) is 23.7 Å². The van der Waals surface area contributed by atoms with Crippen molar-refractivity contribution in [2.24, 2.45) is 0 Å². The molecular formula is C20H16ClFN2O. The van der Waals surface area contributed by atoms with E-state index >= 15 is 0 Å². The van der Waals surface area contributed by atoms with Crippen molar-refractivity contribution < 1.29 is 9.18 Å². The Morgan fingerprint density at radius 1 is 1.24 bits per heavy atom. The Hall–Kier alpha value is -2.43. The molecule has 5 heteroatoms. The van der Waals surface area contributed by atoms with E-state index in [9.17, 15) is 9.18 Å². The standard InChI is InChI=1S/C20H16ClFN2O/c1-12(25)14-10-13(7-8-17(14)22)20-19-6-3-9-24(19)18-5-2-4-16(21)15(18)11-23-20/h2-10,20,23H,11H2,1H3. The number of fused-ring (bicyclic) bond motifs is 3. The summed E-state index contributed by atoms with van der Waals surface area (Å²) in [5.74, 6) is -0.777. The average Bonchev–Trinajstić information content (AvgIpc) is 3.00. The maximum absolute atomic E-state index is 13.9. The Kier molecular flexibility index (Phi) is 3.94. The van der Waals surface area contributed by atoms with Gasteiger partial charge in [-0.15, -0.1) is 0 Å². The third-order valence-electron chi connectivity index (χ3n) is 4.62. The fourth-order valence-corrected chi connectivity index (χ4v) is 3.62. The van der Waals surface area contributed by atoms with Crippen molar-refractivity contribution in [2.45, 2.75) is 19.5 Å². The van der Waals surface area contributed by atoms with Crippen LogP contribution in [0.2, 0.25) is 5.02 Å². The predicted octanol–water partition coefficient (Wildman–Crippen LogP) is 4.67. The highest BCUT2D eigenvalue weighted by atomic mass is 35.5. The van der Waals surface area contributed by atoms with E-state index in [1.807, 2.05) is 36.5 Å². The minimum absolute atomic E-state index is 0.109. The molecule has 1 aliphatic heterocycles. The molecule has 1 N–H and O–H groups in total. The first-order valence-electron chi connectivity index (χ1n) is 8.05. The topological polar surface area (TPSA) is 34.0 Å². The van der Waals surface area contributed by atoms with E-state index in [0.29, 0.717) is 11.6 Å². The van der Waals surface area contributed by atoms with E-state index in [-0.39, 0.29) is 17.4 Å². The van der Waals surface area contributed by atoms with Crippen molar-refractivity contribution in [3.8, 4) is 5.69 Å². The molecule has 2 aromatic carbocycles. The van der Waals surface area contributed by atoms with Gasteiger partial charge in [0.1, 0.15) is 5.82 Å². The third-order valence-corrected chi connectivity index (χ3v) is 4.97. The second-order valence-corrected chi connectivity index (χ2v) is 6.56. The summed E-state index contributed by atoms with van der Waals surface area (Å²) in [6.45, 7) is 1.95. The lowest BCUT2D eigenvalue weighted by Crippen LogP contribution is -2.21. The molecule has 1 aromatic heterocycles. The van der Waals surface area contributed by atoms with Gasteiger partial charge in [-0.05, 0) is 48.9 Å². The zero-order chi connectivity index (χ0) is 17.6. The lowest BCUT2D eigenvalue weighted by atomic mass is 9.99. The van der Waals surface area contributed by atoms with Crippen LogP contribution in [0.1, 0.15) is 40.1 Å². The number of nitrogens with one attached hydrogen (secondary N) is 1. The van der Waals surface area contributed by atoms with Gasteiger partial charge in [0.15, 0.2) is 5.78 Å². The molecule has 0 saturated carbocycles. The molecule has 4 rings (SSSR count). The molecule has 0 radical (unpaired) electrons. The van der Waals surface area contributed by atoms with Gasteiger partial charge in [0.05, 0.1) is 17.3 Å². The van der Waals surface area contributed by atoms with Crippen molar-refractivity contribution in [1.29, 1.82) is 0 Å². The van der Waals surface area contributed by atoms with Gasteiger partial charge < -0.3 is 9.88 Å². The average molecular weight is 355 g/mol. The summed E-state index contributed by atoms with van der Waals surface area (Å²) >= 11 is 6.38. The molecule has 0 aliphatic carbocycles. The van der Waals surface area contributed by atoms with Crippen molar-refractivity contribution in [1.82, 2.24) is 9.88 Å². The van der Waals surface area contributed by atoms with Gasteiger partial charge in [-0.3, -0.25) is 4.79 Å². The number of Topliss-reactive ketones (excluding diaryl/α,β-unsaturated/α-hetero) is 1. The summed E-state index contributed by atoms with van der Waals surface area (Å²) in [7, 11) is 0. The second kappa shape index (κ2) is 6.14. The van der Waals surface area contributed by atoms with E-state index in [1.165, 1.54) is 13.0 Å². The highest BCUT2D eigenvalue weighted by Gasteiger charge is 2.25. The zero-order valence-corrected chi connectivity index (χ0v) is 14.3. The summed E-state index contributed by atoms with van der Waals surface area (Å²) in [5.41, 5.74) is 4.00. The van der Waals surface area contributed by atoms with Crippen LogP contribution in [0.15, 0.2) is 54.7 Å². The molecule has 0 saturated heterocycles. The third kappa shape index (κ3) is 2.68. The predicted molar refractivity (Wildman–Crippen MR) is 95.9 cm³/mol. The minimum Gasteiger partial charge on any atom is -0.319 e. The Balaban J connectivity index is 1.86. The molecule has 25 heavy (non-hydrogen) atoms. The van der Waals surface area contributed by atoms with Crippen LogP contribution in [0.25, 0.3) is 5.69 Å². The molecule has 3 nitrogen and oxygen atoms in total. The molecule has 1 atom stereocenters. The number of hydrogen-bond donors (Lipinski definition) is 1. The zero-order valence-electron chi connectivity index (χ0n) is 13.6. The molecule has 0 amide bonds. The van der Waals surface area contributed by atoms with Gasteiger partial charge in [-0.25, -0.2) is 4.39 Å². The van der Waals surface area contributed by atoms with E-state index in [0.717, 1.165) is 22.5 Å². The number of hydrogen-bond acceptors (Lipinski definition) is 2. The van der Waals surface area contributed by atoms with Crippen LogP contribution in [0, 0.1) is 5.82 Å². The quantitative estimate of drug-likeness (QED) is 0.679. The van der Waals surface area contributed by atoms with Crippen LogP contribution < -0.4 is 5.32 Å². The fourth-order valence-electron chi connectivity index (χ4n) is 3.39. The molecule has 1 aliphatic rings. The van der Waals surface area contributed by atoms with Crippen LogP contribution in [0.5, 0.6) is 0 Å². The number of halogens is 2. The van der Waals surface area contributed by atoms with Crippen molar-refractivity contribution in [3.05, 3.63) is 88.0 Å². The molecular weight excluding hydrogens is 339 g/mol. The smallest absolute Gasteiger partial charge is 0.162 e. The SMILES string of the molecule is CC(=O)c1cc(C2NCc3c(Cl)cccc3-n3cccc32)ccc1F. The number of carbonyl (C=O) groups is 1. The van der Waals surface area contributed by atoms with Crippen molar-refractivity contribution in [3.63, 3.8) is 0 Å². The monoisotopic (exact) mass is 354 g/mol. The van der Waals surface area contributed by atoms with Crippen molar-refractivity contribution >= 4 is 17.4 Å². The summed E-state index contributed by atoms with van der Waals surface area (Å²) in [4.78, 5) is 11.7. The van der Waals surface area contributed by atoms with Gasteiger partial charge >= 0.3 is 0 Å². The number of rotatable bonds is 2. The van der Waals surface area contributed by atoms with Crippen LogP contribution in [0.4, 0.5) is 4.39 Å². The number of aromatic nitrogens is 1. The molecule has 0 fully saturated rings. The van der Waals surface area contributed by atoms with Gasteiger partial charge in [0.2, 0.25) is 0 Å². The number of nitrogens with zero attached hydrogens (tertiary/aromatic N) is 1. The van der Waals surface area contributed by atoms with Crippen LogP contribution in [-0.2, 0) is 6.54 Å². The molecule has 0 spiro atoms. The number of benzene rings is 2. The molecule has 126 valence electrons. The normalized spacial score (nSPS) is 16.0. The summed E-state index contributed by atoms with van der Waals surface area (Å²) in [5, 5.41) is 4.19. The van der Waals surface area contributed by atoms with Gasteiger partial charge in [-0.2, -0.15) is 0 Å². The first-order valence-corrected chi connectivity index (χ1v) is 8.43. The van der Waals surface area contributed by atoms with Crippen molar-refractivity contribution in [2.75, 3.05) is 0 Å². The van der Waals surface area contributed by atoms with E-state index in [4.69, 9.17) is 11.6 Å². The van der Waals surface area contributed by atoms with Gasteiger partial charge in [0, 0.05) is 29.0 Å². The highest BCUT2D eigenvalue weighted by Crippen LogP contribution is 2.33. The lowest BCUT2D eigenvalue weighted by Gasteiger charge is -2.19. The number of ketones is 1. The largest absolute Gasteiger partial charge is 0.319 e. The highest BCUT2D eigenvalue weighted by molar-refractivity contribution is 6.31. The molecule has 1 unspecified atom stereocenters. The molecule has 0 bridgehead atoms. The molecule has 3 aromatic rings. The minimum atomic E-state index is -0.494. The summed E-state index contributed by atoms with van der Waals surface area (Å²) in [6, 6.07) is 14.3. The maximum Gasteiger partial charge on any atom is 0.162 e. The lowest BCUT2D eigenvalue weighted by molar-refractivity contribution is 0.101. The summed E-state index contributed by atoms with van der Waals surface area (Å²) < 4.78 is 16.0. The fraction of sp³-hybridized carbons (Fsp3) is 0.150. The Labute approximate surface area is 150 Å². The van der Waals surface area contributed by atoms with E-state index in [1.54, 1.807) is 12.1 Å². The Morgan fingerprint density at radius 2 is 2.08 bits per heavy atom. The maximum atomic E-state index is 13.9. The Morgan fingerprint density at radius 3 is 2.88 bits per heavy atom. The first kappa shape index (κ1) is 16.1. The van der Waals surface area contributed by atoms with Crippen LogP contribution in [0.3, 0.4) is 0 Å². The van der Waals surface area contributed by atoms with Crippen LogP contribution >= 0.6 is 11.6 Å². The van der Waals surface area contributed by atoms with E-state index < -0.39 is 5.82 Å². The first-order chi connectivity index (χ1) is 12.1.